The zero-order chi connectivity index (χ0) is 39.9. The van der Waals surface area contributed by atoms with Gasteiger partial charge >= 0.3 is 0 Å². The van der Waals surface area contributed by atoms with Crippen molar-refractivity contribution < 1.29 is 28.7 Å². The number of amides is 4. The highest BCUT2D eigenvalue weighted by atomic mass is 35.5. The molecule has 56 heavy (non-hydrogen) atoms. The van der Waals surface area contributed by atoms with Gasteiger partial charge in [0.2, 0.25) is 11.8 Å². The van der Waals surface area contributed by atoms with Gasteiger partial charge in [-0.3, -0.25) is 24.1 Å². The molecule has 2 fully saturated rings. The van der Waals surface area contributed by atoms with Crippen molar-refractivity contribution in [1.82, 2.24) is 29.8 Å². The molecule has 4 aromatic rings. The second kappa shape index (κ2) is 15.0. The number of carbonyl (C=O) groups is 4. The number of rotatable bonds is 13. The third-order valence-electron chi connectivity index (χ3n) is 11.2. The molecule has 7 rings (SSSR count). The largest absolute Gasteiger partial charge is 0.494 e. The van der Waals surface area contributed by atoms with Gasteiger partial charge in [-0.1, -0.05) is 44.5 Å². The van der Waals surface area contributed by atoms with Crippen LogP contribution in [0.3, 0.4) is 0 Å². The minimum absolute atomic E-state index is 0.145. The molecular formula is C41H43ClN8O6. The molecule has 1 unspecified atom stereocenters. The summed E-state index contributed by atoms with van der Waals surface area (Å²) >= 11 is 6.26. The van der Waals surface area contributed by atoms with Crippen LogP contribution in [0.1, 0.15) is 97.3 Å². The van der Waals surface area contributed by atoms with E-state index < -0.39 is 28.8 Å². The van der Waals surface area contributed by atoms with Crippen LogP contribution in [0.15, 0.2) is 60.9 Å². The quantitative estimate of drug-likeness (QED) is 0.135. The van der Waals surface area contributed by atoms with Crippen molar-refractivity contribution in [2.24, 2.45) is 16.6 Å². The number of pyridine rings is 1. The number of nitrogens with zero attached hydrogens (tertiary/aromatic N) is 7. The number of ether oxygens (including phenoxy) is 2. The maximum Gasteiger partial charge on any atom is 0.255 e. The van der Waals surface area contributed by atoms with E-state index in [1.54, 1.807) is 52.0 Å². The highest BCUT2D eigenvalue weighted by Gasteiger charge is 2.68. The first-order valence-electron chi connectivity index (χ1n) is 18.7. The topological polar surface area (TPSA) is 187 Å². The molecule has 0 radical (unpaired) electrons. The first-order valence-corrected chi connectivity index (χ1v) is 19.0. The van der Waals surface area contributed by atoms with Crippen LogP contribution < -0.4 is 15.2 Å². The molecule has 2 aromatic heterocycles. The Labute approximate surface area is 329 Å². The van der Waals surface area contributed by atoms with Crippen LogP contribution in [0.2, 0.25) is 5.02 Å². The lowest BCUT2D eigenvalue weighted by molar-refractivity contribution is -0.216. The van der Waals surface area contributed by atoms with Crippen molar-refractivity contribution in [2.45, 2.75) is 91.0 Å². The number of halogens is 1. The van der Waals surface area contributed by atoms with E-state index in [1.165, 1.54) is 11.1 Å². The Morgan fingerprint density at radius 3 is 2.48 bits per heavy atom. The third-order valence-corrected chi connectivity index (χ3v) is 11.5. The number of nitriles is 1. The first-order chi connectivity index (χ1) is 26.7. The Morgan fingerprint density at radius 1 is 1.02 bits per heavy atom. The van der Waals surface area contributed by atoms with E-state index >= 15 is 0 Å². The van der Waals surface area contributed by atoms with Crippen molar-refractivity contribution in [3.8, 4) is 23.4 Å². The lowest BCUT2D eigenvalue weighted by atomic mass is 9.48. The van der Waals surface area contributed by atoms with Crippen LogP contribution in [0, 0.1) is 22.2 Å². The number of unbranched alkanes of at least 4 members (excludes halogenated alkanes) is 2. The Hall–Kier alpha value is -5.81. The van der Waals surface area contributed by atoms with Crippen LogP contribution in [0.5, 0.6) is 11.5 Å². The summed E-state index contributed by atoms with van der Waals surface area (Å²) in [5.41, 5.74) is 6.84. The summed E-state index contributed by atoms with van der Waals surface area (Å²) in [4.78, 5) is 59.9. The maximum absolute atomic E-state index is 14.3. The number of hydrogen-bond acceptors (Lipinski definition) is 10. The van der Waals surface area contributed by atoms with E-state index in [1.807, 2.05) is 46.0 Å². The first kappa shape index (κ1) is 38.5. The van der Waals surface area contributed by atoms with Crippen LogP contribution >= 0.6 is 11.6 Å². The predicted molar refractivity (Wildman–Crippen MR) is 204 cm³/mol. The monoisotopic (exact) mass is 778 g/mol. The number of aromatic nitrogens is 4. The Kier molecular flexibility index (Phi) is 10.3. The highest BCUT2D eigenvalue weighted by Crippen LogP contribution is 2.58. The standard InChI is InChI=1S/C41H43ClN8O6/c1-40(2)38(41(3,4)39(40)56-29-11-9-24(20-43)31(42)19-29)50-34(51)16-14-32(37(50)54)48-22-26-18-28(12-13-30(26)36(48)53)55-17-7-5-6-8-27-23-49(47-46-27)33-15-10-25(21-45-33)35(44)52/h9-13,15,18-19,21,23,32,38-39H,5-8,14,16-17,22H2,1-4H3,(H2,44,52). The van der Waals surface area contributed by atoms with E-state index in [9.17, 15) is 24.4 Å². The summed E-state index contributed by atoms with van der Waals surface area (Å²) in [5.74, 6) is 0.284. The second-order valence-corrected chi connectivity index (χ2v) is 16.2. The molecular weight excluding hydrogens is 736 g/mol. The van der Waals surface area contributed by atoms with E-state index in [0.717, 1.165) is 36.9 Å². The SMILES string of the molecule is CC1(C)C(Oc2ccc(C#N)c(Cl)c2)C(C)(C)C1N1C(=O)CCC(N2Cc3cc(OCCCCCc4cn(-c5ccc(C(N)=O)cn5)nn4)ccc3C2=O)C1=O. The molecule has 1 saturated heterocycles. The number of benzene rings is 2. The van der Waals surface area contributed by atoms with E-state index in [4.69, 9.17) is 26.8 Å². The van der Waals surface area contributed by atoms with Gasteiger partial charge < -0.3 is 20.1 Å². The van der Waals surface area contributed by atoms with Crippen molar-refractivity contribution in [2.75, 3.05) is 6.61 Å². The Morgan fingerprint density at radius 2 is 1.79 bits per heavy atom. The summed E-state index contributed by atoms with van der Waals surface area (Å²) < 4.78 is 14.0. The van der Waals surface area contributed by atoms with Crippen LogP contribution in [0.4, 0.5) is 0 Å². The predicted octanol–water partition coefficient (Wildman–Crippen LogP) is 5.43. The average Bonchev–Trinajstić information content (AvgIpc) is 3.77. The van der Waals surface area contributed by atoms with E-state index in [-0.39, 0.29) is 48.2 Å². The van der Waals surface area contributed by atoms with Gasteiger partial charge in [0.1, 0.15) is 29.7 Å². The lowest BCUT2D eigenvalue weighted by Crippen LogP contribution is -2.77. The molecule has 290 valence electrons. The lowest BCUT2D eigenvalue weighted by Gasteiger charge is -2.66. The number of piperidine rings is 1. The van der Waals surface area contributed by atoms with Gasteiger partial charge in [0.15, 0.2) is 5.82 Å². The molecule has 1 aliphatic carbocycles. The number of imide groups is 1. The Balaban J connectivity index is 0.921. The number of hydrogen-bond donors (Lipinski definition) is 1. The minimum atomic E-state index is -0.777. The van der Waals surface area contributed by atoms with Gasteiger partial charge in [-0.2, -0.15) is 5.26 Å². The van der Waals surface area contributed by atoms with Crippen molar-refractivity contribution in [3.63, 3.8) is 0 Å². The van der Waals surface area contributed by atoms with Gasteiger partial charge in [-0.25, -0.2) is 9.67 Å². The van der Waals surface area contributed by atoms with Crippen molar-refractivity contribution in [1.29, 1.82) is 5.26 Å². The smallest absolute Gasteiger partial charge is 0.255 e. The van der Waals surface area contributed by atoms with Crippen molar-refractivity contribution >= 4 is 35.2 Å². The third kappa shape index (κ3) is 7.07. The molecule has 2 aromatic carbocycles. The number of carbonyl (C=O) groups excluding carboxylic acids is 4. The molecule has 1 saturated carbocycles. The molecule has 14 nitrogen and oxygen atoms in total. The van der Waals surface area contributed by atoms with E-state index in [0.29, 0.717) is 40.6 Å². The molecule has 15 heteroatoms. The molecule has 4 heterocycles. The zero-order valence-corrected chi connectivity index (χ0v) is 32.5. The van der Waals surface area contributed by atoms with Crippen LogP contribution in [-0.4, -0.2) is 78.2 Å². The number of nitrogens with two attached hydrogens (primary N) is 1. The summed E-state index contributed by atoms with van der Waals surface area (Å²) in [6.07, 6.45) is 6.58. The number of likely N-dealkylation sites (tertiary alicyclic amines) is 1. The second-order valence-electron chi connectivity index (χ2n) is 15.8. The number of fused-ring (bicyclic) bond motifs is 1. The fourth-order valence-corrected chi connectivity index (χ4v) is 9.06. The van der Waals surface area contributed by atoms with Crippen LogP contribution in [0.25, 0.3) is 5.82 Å². The van der Waals surface area contributed by atoms with E-state index in [2.05, 4.69) is 15.3 Å². The fraction of sp³-hybridized carbons (Fsp3) is 0.415. The molecule has 1 atom stereocenters. The van der Waals surface area contributed by atoms with Gasteiger partial charge in [-0.05, 0) is 80.1 Å². The summed E-state index contributed by atoms with van der Waals surface area (Å²) in [6.45, 7) is 8.64. The molecule has 2 N–H and O–H groups in total. The molecule has 3 aliphatic rings. The average molecular weight is 779 g/mol. The van der Waals surface area contributed by atoms with Gasteiger partial charge in [0, 0.05) is 41.6 Å². The molecule has 4 amide bonds. The normalized spacial score (nSPS) is 21.0. The van der Waals surface area contributed by atoms with Gasteiger partial charge in [-0.15, -0.1) is 5.10 Å². The fourth-order valence-electron chi connectivity index (χ4n) is 8.85. The molecule has 0 spiro atoms. The maximum atomic E-state index is 14.3. The summed E-state index contributed by atoms with van der Waals surface area (Å²) in [5, 5.41) is 17.9. The summed E-state index contributed by atoms with van der Waals surface area (Å²) in [6, 6.07) is 14.3. The van der Waals surface area contributed by atoms with Gasteiger partial charge in [0.05, 0.1) is 40.7 Å². The number of aryl methyl sites for hydroxylation is 1. The molecule has 2 aliphatic heterocycles. The highest BCUT2D eigenvalue weighted by molar-refractivity contribution is 6.31. The number of primary amides is 1. The van der Waals surface area contributed by atoms with Gasteiger partial charge in [0.25, 0.3) is 11.8 Å². The minimum Gasteiger partial charge on any atom is -0.494 e. The summed E-state index contributed by atoms with van der Waals surface area (Å²) in [7, 11) is 0. The zero-order valence-electron chi connectivity index (χ0n) is 31.7. The van der Waals surface area contributed by atoms with Crippen molar-refractivity contribution in [3.05, 3.63) is 93.9 Å². The molecule has 0 bridgehead atoms. The van der Waals surface area contributed by atoms with Crippen LogP contribution in [-0.2, 0) is 22.6 Å². The Bertz CT molecular complexity index is 2230.